The van der Waals surface area contributed by atoms with Gasteiger partial charge in [0, 0.05) is 19.3 Å². The molecule has 100 valence electrons. The molecule has 1 aromatic rings. The molecule has 0 spiro atoms. The van der Waals surface area contributed by atoms with E-state index in [0.29, 0.717) is 10.6 Å². The van der Waals surface area contributed by atoms with Gasteiger partial charge in [-0.15, -0.1) is 0 Å². The highest BCUT2D eigenvalue weighted by Crippen LogP contribution is 2.26. The second-order valence-electron chi connectivity index (χ2n) is 3.89. The SMILES string of the molecule is CSCCCN(C)c1cccc(Cl)c1/C(N)=N/O. The van der Waals surface area contributed by atoms with E-state index in [1.54, 1.807) is 6.07 Å². The van der Waals surface area contributed by atoms with Gasteiger partial charge < -0.3 is 15.8 Å². The summed E-state index contributed by atoms with van der Waals surface area (Å²) in [5, 5.41) is 12.3. The van der Waals surface area contributed by atoms with Gasteiger partial charge >= 0.3 is 0 Å². The van der Waals surface area contributed by atoms with Crippen LogP contribution in [0.15, 0.2) is 23.4 Å². The van der Waals surface area contributed by atoms with Gasteiger partial charge in [0.05, 0.1) is 10.6 Å². The van der Waals surface area contributed by atoms with Crippen molar-refractivity contribution in [3.05, 3.63) is 28.8 Å². The van der Waals surface area contributed by atoms with Crippen LogP contribution in [0.25, 0.3) is 0 Å². The molecule has 0 amide bonds. The van der Waals surface area contributed by atoms with E-state index in [1.807, 2.05) is 30.9 Å². The largest absolute Gasteiger partial charge is 0.409 e. The minimum atomic E-state index is 0.0346. The lowest BCUT2D eigenvalue weighted by Crippen LogP contribution is -2.24. The van der Waals surface area contributed by atoms with Crippen molar-refractivity contribution in [1.82, 2.24) is 0 Å². The molecule has 0 aromatic heterocycles. The van der Waals surface area contributed by atoms with Crippen LogP contribution in [0.4, 0.5) is 5.69 Å². The highest BCUT2D eigenvalue weighted by molar-refractivity contribution is 7.98. The average molecular weight is 288 g/mol. The number of nitrogens with zero attached hydrogens (tertiary/aromatic N) is 2. The number of halogens is 1. The Bertz CT molecular complexity index is 426. The number of nitrogens with two attached hydrogens (primary N) is 1. The molecule has 1 rings (SSSR count). The Labute approximate surface area is 117 Å². The zero-order valence-corrected chi connectivity index (χ0v) is 12.1. The molecule has 0 saturated carbocycles. The van der Waals surface area contributed by atoms with E-state index >= 15 is 0 Å². The highest BCUT2D eigenvalue weighted by Gasteiger charge is 2.14. The number of rotatable bonds is 6. The van der Waals surface area contributed by atoms with Crippen LogP contribution in [-0.4, -0.2) is 36.6 Å². The van der Waals surface area contributed by atoms with Gasteiger partial charge in [-0.1, -0.05) is 22.8 Å². The summed E-state index contributed by atoms with van der Waals surface area (Å²) in [4.78, 5) is 2.06. The summed E-state index contributed by atoms with van der Waals surface area (Å²) in [5.74, 6) is 1.14. The van der Waals surface area contributed by atoms with Gasteiger partial charge in [0.1, 0.15) is 0 Å². The van der Waals surface area contributed by atoms with E-state index in [-0.39, 0.29) is 5.84 Å². The minimum Gasteiger partial charge on any atom is -0.409 e. The van der Waals surface area contributed by atoms with Gasteiger partial charge in [0.2, 0.25) is 0 Å². The van der Waals surface area contributed by atoms with E-state index in [4.69, 9.17) is 22.5 Å². The first kappa shape index (κ1) is 15.0. The van der Waals surface area contributed by atoms with E-state index in [0.717, 1.165) is 24.4 Å². The second-order valence-corrected chi connectivity index (χ2v) is 5.28. The lowest BCUT2D eigenvalue weighted by atomic mass is 10.1. The Morgan fingerprint density at radius 3 is 2.89 bits per heavy atom. The lowest BCUT2D eigenvalue weighted by molar-refractivity contribution is 0.318. The summed E-state index contributed by atoms with van der Waals surface area (Å²) in [5.41, 5.74) is 7.12. The number of hydrogen-bond acceptors (Lipinski definition) is 4. The summed E-state index contributed by atoms with van der Waals surface area (Å²) in [6, 6.07) is 5.50. The van der Waals surface area contributed by atoms with Crippen LogP contribution in [0.1, 0.15) is 12.0 Å². The second kappa shape index (κ2) is 7.38. The highest BCUT2D eigenvalue weighted by atomic mass is 35.5. The van der Waals surface area contributed by atoms with Gasteiger partial charge in [-0.3, -0.25) is 0 Å². The van der Waals surface area contributed by atoms with E-state index in [1.165, 1.54) is 0 Å². The Balaban J connectivity index is 2.97. The monoisotopic (exact) mass is 287 g/mol. The normalized spacial score (nSPS) is 11.6. The fourth-order valence-corrected chi connectivity index (χ4v) is 2.39. The first-order valence-corrected chi connectivity index (χ1v) is 7.35. The quantitative estimate of drug-likeness (QED) is 0.278. The number of hydrogen-bond donors (Lipinski definition) is 2. The van der Waals surface area contributed by atoms with Crippen LogP contribution >= 0.6 is 23.4 Å². The Kier molecular flexibility index (Phi) is 6.15. The van der Waals surface area contributed by atoms with Crippen molar-refractivity contribution in [2.45, 2.75) is 6.42 Å². The molecule has 18 heavy (non-hydrogen) atoms. The van der Waals surface area contributed by atoms with Gasteiger partial charge in [-0.05, 0) is 30.6 Å². The number of benzene rings is 1. The molecule has 0 saturated heterocycles. The molecular formula is C12H18ClN3OS. The molecule has 0 radical (unpaired) electrons. The van der Waals surface area contributed by atoms with E-state index < -0.39 is 0 Å². The van der Waals surface area contributed by atoms with Gasteiger partial charge in [-0.25, -0.2) is 0 Å². The first-order chi connectivity index (χ1) is 8.61. The van der Waals surface area contributed by atoms with Crippen molar-refractivity contribution in [3.8, 4) is 0 Å². The van der Waals surface area contributed by atoms with Crippen molar-refractivity contribution in [1.29, 1.82) is 0 Å². The predicted molar refractivity (Wildman–Crippen MR) is 80.2 cm³/mol. The molecule has 0 aliphatic heterocycles. The molecule has 4 nitrogen and oxygen atoms in total. The molecule has 0 heterocycles. The van der Waals surface area contributed by atoms with Crippen LogP contribution in [0.3, 0.4) is 0 Å². The molecule has 0 fully saturated rings. The van der Waals surface area contributed by atoms with Crippen molar-refractivity contribution >= 4 is 34.9 Å². The number of anilines is 1. The zero-order valence-electron chi connectivity index (χ0n) is 10.6. The molecule has 0 aliphatic carbocycles. The summed E-state index contributed by atoms with van der Waals surface area (Å²) in [6.07, 6.45) is 3.15. The summed E-state index contributed by atoms with van der Waals surface area (Å²) >= 11 is 7.92. The number of amidine groups is 1. The van der Waals surface area contributed by atoms with Gasteiger partial charge in [0.25, 0.3) is 0 Å². The smallest absolute Gasteiger partial charge is 0.173 e. The lowest BCUT2D eigenvalue weighted by Gasteiger charge is -2.22. The van der Waals surface area contributed by atoms with E-state index in [9.17, 15) is 0 Å². The third-order valence-electron chi connectivity index (χ3n) is 2.61. The third-order valence-corrected chi connectivity index (χ3v) is 3.62. The Morgan fingerprint density at radius 1 is 1.56 bits per heavy atom. The molecule has 0 unspecified atom stereocenters. The van der Waals surface area contributed by atoms with Crippen molar-refractivity contribution in [2.75, 3.05) is 30.5 Å². The Morgan fingerprint density at radius 2 is 2.28 bits per heavy atom. The molecule has 0 aliphatic rings. The summed E-state index contributed by atoms with van der Waals surface area (Å²) in [7, 11) is 1.97. The van der Waals surface area contributed by atoms with Gasteiger partial charge in [0.15, 0.2) is 5.84 Å². The van der Waals surface area contributed by atoms with Crippen LogP contribution < -0.4 is 10.6 Å². The summed E-state index contributed by atoms with van der Waals surface area (Å²) < 4.78 is 0. The first-order valence-electron chi connectivity index (χ1n) is 5.58. The maximum absolute atomic E-state index is 8.82. The predicted octanol–water partition coefficient (Wildman–Crippen LogP) is 2.62. The zero-order chi connectivity index (χ0) is 13.5. The van der Waals surface area contributed by atoms with Crippen LogP contribution in [0.5, 0.6) is 0 Å². The minimum absolute atomic E-state index is 0.0346. The van der Waals surface area contributed by atoms with Crippen LogP contribution in [-0.2, 0) is 0 Å². The van der Waals surface area contributed by atoms with Crippen LogP contribution in [0, 0.1) is 0 Å². The van der Waals surface area contributed by atoms with Crippen LogP contribution in [0.2, 0.25) is 5.02 Å². The molecule has 6 heteroatoms. The van der Waals surface area contributed by atoms with Gasteiger partial charge in [-0.2, -0.15) is 11.8 Å². The topological polar surface area (TPSA) is 61.8 Å². The molecule has 0 bridgehead atoms. The van der Waals surface area contributed by atoms with Crippen molar-refractivity contribution in [2.24, 2.45) is 10.9 Å². The maximum atomic E-state index is 8.82. The standard InChI is InChI=1S/C12H18ClN3OS/c1-16(7-4-8-18-2)10-6-3-5-9(13)11(10)12(14)15-17/h3,5-6,17H,4,7-8H2,1-2H3,(H2,14,15). The molecule has 0 atom stereocenters. The third kappa shape index (κ3) is 3.71. The molecule has 3 N–H and O–H groups in total. The summed E-state index contributed by atoms with van der Waals surface area (Å²) in [6.45, 7) is 0.896. The maximum Gasteiger partial charge on any atom is 0.173 e. The number of oxime groups is 1. The van der Waals surface area contributed by atoms with Crippen molar-refractivity contribution in [3.63, 3.8) is 0 Å². The molecule has 1 aromatic carbocycles. The van der Waals surface area contributed by atoms with Crippen molar-refractivity contribution < 1.29 is 5.21 Å². The molecular weight excluding hydrogens is 270 g/mol. The number of thioether (sulfide) groups is 1. The Hall–Kier alpha value is -1.07. The fourth-order valence-electron chi connectivity index (χ4n) is 1.70. The average Bonchev–Trinajstić information content (AvgIpc) is 2.37. The van der Waals surface area contributed by atoms with E-state index in [2.05, 4.69) is 16.3 Å². The fraction of sp³-hybridized carbons (Fsp3) is 0.417.